The molecule has 2 aliphatic rings. The Balaban J connectivity index is 1.96. The van der Waals surface area contributed by atoms with Gasteiger partial charge in [0.2, 0.25) is 5.95 Å². The van der Waals surface area contributed by atoms with E-state index in [0.717, 1.165) is 18.5 Å². The Hall–Kier alpha value is -0.840. The van der Waals surface area contributed by atoms with Gasteiger partial charge in [-0.2, -0.15) is 0 Å². The molecule has 15 heavy (non-hydrogen) atoms. The van der Waals surface area contributed by atoms with E-state index in [1.54, 1.807) is 0 Å². The monoisotopic (exact) mass is 269 g/mol. The van der Waals surface area contributed by atoms with Gasteiger partial charge in [0.25, 0.3) is 5.56 Å². The average molecular weight is 270 g/mol. The zero-order chi connectivity index (χ0) is 10.4. The molecule has 1 aromatic rings. The van der Waals surface area contributed by atoms with Crippen molar-refractivity contribution >= 4 is 21.9 Å². The molecule has 0 bridgehead atoms. The molecule has 1 heterocycles. The van der Waals surface area contributed by atoms with Crippen molar-refractivity contribution in [1.82, 2.24) is 9.97 Å². The van der Waals surface area contributed by atoms with Crippen LogP contribution >= 0.6 is 15.9 Å². The van der Waals surface area contributed by atoms with Crippen molar-refractivity contribution in [2.75, 3.05) is 5.32 Å². The molecular weight excluding hydrogens is 258 g/mol. The molecule has 1 aromatic heterocycles. The molecule has 4 nitrogen and oxygen atoms in total. The summed E-state index contributed by atoms with van der Waals surface area (Å²) in [7, 11) is 0. The van der Waals surface area contributed by atoms with Gasteiger partial charge in [0, 0.05) is 12.0 Å². The van der Waals surface area contributed by atoms with Crippen molar-refractivity contribution in [2.24, 2.45) is 0 Å². The SMILES string of the molecule is O=c1[nH]c(NC2CC2)nc(C2CC2)c1Br. The van der Waals surface area contributed by atoms with E-state index in [0.29, 0.717) is 22.4 Å². The molecule has 0 unspecified atom stereocenters. The first kappa shape index (κ1) is 9.39. The smallest absolute Gasteiger partial charge is 0.266 e. The van der Waals surface area contributed by atoms with Crippen molar-refractivity contribution in [3.8, 4) is 0 Å². The Bertz CT molecular complexity index is 448. The van der Waals surface area contributed by atoms with Crippen LogP contribution in [-0.2, 0) is 0 Å². The lowest BCUT2D eigenvalue weighted by Crippen LogP contribution is -2.16. The largest absolute Gasteiger partial charge is 0.353 e. The first-order valence-corrected chi connectivity index (χ1v) is 6.09. The van der Waals surface area contributed by atoms with Crippen LogP contribution in [0.3, 0.4) is 0 Å². The van der Waals surface area contributed by atoms with Crippen LogP contribution in [0.15, 0.2) is 9.27 Å². The third kappa shape index (κ3) is 1.93. The summed E-state index contributed by atoms with van der Waals surface area (Å²) in [6.45, 7) is 0. The quantitative estimate of drug-likeness (QED) is 0.883. The fourth-order valence-electron chi connectivity index (χ4n) is 1.59. The summed E-state index contributed by atoms with van der Waals surface area (Å²) >= 11 is 3.30. The fourth-order valence-corrected chi connectivity index (χ4v) is 2.10. The number of nitrogens with one attached hydrogen (secondary N) is 2. The van der Waals surface area contributed by atoms with Gasteiger partial charge in [0.1, 0.15) is 4.47 Å². The minimum atomic E-state index is -0.0740. The molecule has 2 aliphatic carbocycles. The van der Waals surface area contributed by atoms with E-state index in [2.05, 4.69) is 31.2 Å². The van der Waals surface area contributed by atoms with Crippen LogP contribution < -0.4 is 10.9 Å². The van der Waals surface area contributed by atoms with Crippen molar-refractivity contribution in [2.45, 2.75) is 37.6 Å². The number of aromatic amines is 1. The summed E-state index contributed by atoms with van der Waals surface area (Å²) < 4.78 is 0.603. The van der Waals surface area contributed by atoms with E-state index >= 15 is 0 Å². The third-order valence-corrected chi connectivity index (χ3v) is 3.54. The van der Waals surface area contributed by atoms with Crippen LogP contribution in [0.2, 0.25) is 0 Å². The van der Waals surface area contributed by atoms with Gasteiger partial charge < -0.3 is 5.32 Å². The minimum Gasteiger partial charge on any atom is -0.353 e. The number of halogens is 1. The predicted molar refractivity (Wildman–Crippen MR) is 61.2 cm³/mol. The summed E-state index contributed by atoms with van der Waals surface area (Å²) in [5, 5.41) is 3.22. The normalized spacial score (nSPS) is 20.3. The van der Waals surface area contributed by atoms with Crippen molar-refractivity contribution in [3.05, 3.63) is 20.5 Å². The highest BCUT2D eigenvalue weighted by Gasteiger charge is 2.29. The Kier molecular flexibility index (Phi) is 2.09. The van der Waals surface area contributed by atoms with Gasteiger partial charge in [-0.15, -0.1) is 0 Å². The maximum atomic E-state index is 11.6. The maximum absolute atomic E-state index is 11.6. The molecule has 0 atom stereocenters. The Morgan fingerprint density at radius 1 is 1.33 bits per heavy atom. The molecule has 0 aromatic carbocycles. The van der Waals surface area contributed by atoms with Crippen LogP contribution in [0, 0.1) is 0 Å². The summed E-state index contributed by atoms with van der Waals surface area (Å²) in [5.41, 5.74) is 0.844. The first-order valence-electron chi connectivity index (χ1n) is 5.30. The van der Waals surface area contributed by atoms with Crippen molar-refractivity contribution < 1.29 is 0 Å². The number of aromatic nitrogens is 2. The summed E-state index contributed by atoms with van der Waals surface area (Å²) in [6, 6.07) is 0.515. The second-order valence-corrected chi connectivity index (χ2v) is 5.10. The molecule has 80 valence electrons. The first-order chi connectivity index (χ1) is 7.24. The lowest BCUT2D eigenvalue weighted by molar-refractivity contribution is 0.936. The lowest BCUT2D eigenvalue weighted by atomic mass is 10.3. The topological polar surface area (TPSA) is 57.8 Å². The molecule has 0 aliphatic heterocycles. The fraction of sp³-hybridized carbons (Fsp3) is 0.600. The summed E-state index contributed by atoms with van der Waals surface area (Å²) in [4.78, 5) is 18.8. The van der Waals surface area contributed by atoms with E-state index in [-0.39, 0.29) is 5.56 Å². The van der Waals surface area contributed by atoms with Gasteiger partial charge in [-0.25, -0.2) is 4.98 Å². The number of hydrogen-bond donors (Lipinski definition) is 2. The standard InChI is InChI=1S/C10H12BrN3O/c11-7-8(5-1-2-5)13-10(14-9(7)15)12-6-3-4-6/h5-6H,1-4H2,(H2,12,13,14,15). The molecule has 0 amide bonds. The Morgan fingerprint density at radius 3 is 2.67 bits per heavy atom. The van der Waals surface area contributed by atoms with Crippen LogP contribution in [0.25, 0.3) is 0 Å². The van der Waals surface area contributed by atoms with Gasteiger partial charge in [-0.1, -0.05) is 0 Å². The molecule has 0 spiro atoms. The average Bonchev–Trinajstić information content (AvgIpc) is 3.01. The molecular formula is C10H12BrN3O. The molecule has 2 saturated carbocycles. The molecule has 3 rings (SSSR count). The van der Waals surface area contributed by atoms with E-state index < -0.39 is 0 Å². The minimum absolute atomic E-state index is 0.0740. The van der Waals surface area contributed by atoms with Gasteiger partial charge in [-0.05, 0) is 41.6 Å². The Morgan fingerprint density at radius 2 is 2.07 bits per heavy atom. The highest BCUT2D eigenvalue weighted by molar-refractivity contribution is 9.10. The molecule has 2 N–H and O–H groups in total. The van der Waals surface area contributed by atoms with E-state index in [1.165, 1.54) is 12.8 Å². The van der Waals surface area contributed by atoms with Gasteiger partial charge in [0.15, 0.2) is 0 Å². The lowest BCUT2D eigenvalue weighted by Gasteiger charge is -2.06. The van der Waals surface area contributed by atoms with Crippen LogP contribution in [0.1, 0.15) is 37.3 Å². The van der Waals surface area contributed by atoms with Gasteiger partial charge in [-0.3, -0.25) is 9.78 Å². The van der Waals surface area contributed by atoms with E-state index in [4.69, 9.17) is 0 Å². The maximum Gasteiger partial charge on any atom is 0.266 e. The number of hydrogen-bond acceptors (Lipinski definition) is 3. The van der Waals surface area contributed by atoms with Crippen LogP contribution in [0.4, 0.5) is 5.95 Å². The van der Waals surface area contributed by atoms with Crippen LogP contribution in [0.5, 0.6) is 0 Å². The van der Waals surface area contributed by atoms with Gasteiger partial charge in [0.05, 0.1) is 5.69 Å². The zero-order valence-electron chi connectivity index (χ0n) is 8.22. The Labute approximate surface area is 95.6 Å². The van der Waals surface area contributed by atoms with Crippen molar-refractivity contribution in [3.63, 3.8) is 0 Å². The number of H-pyrrole nitrogens is 1. The number of rotatable bonds is 3. The number of nitrogens with zero attached hydrogens (tertiary/aromatic N) is 1. The predicted octanol–water partition coefficient (Wildman–Crippen LogP) is 1.98. The summed E-state index contributed by atoms with van der Waals surface area (Å²) in [5.74, 6) is 1.12. The highest BCUT2D eigenvalue weighted by Crippen LogP contribution is 2.41. The zero-order valence-corrected chi connectivity index (χ0v) is 9.80. The highest BCUT2D eigenvalue weighted by atomic mass is 79.9. The molecule has 0 radical (unpaired) electrons. The second kappa shape index (κ2) is 3.33. The molecule has 2 fully saturated rings. The molecule has 0 saturated heterocycles. The van der Waals surface area contributed by atoms with E-state index in [1.807, 2.05) is 0 Å². The van der Waals surface area contributed by atoms with E-state index in [9.17, 15) is 4.79 Å². The van der Waals surface area contributed by atoms with Gasteiger partial charge >= 0.3 is 0 Å². The second-order valence-electron chi connectivity index (χ2n) is 4.31. The van der Waals surface area contributed by atoms with Crippen LogP contribution in [-0.4, -0.2) is 16.0 Å². The third-order valence-electron chi connectivity index (χ3n) is 2.77. The van der Waals surface area contributed by atoms with Crippen molar-refractivity contribution in [1.29, 1.82) is 0 Å². The summed E-state index contributed by atoms with van der Waals surface area (Å²) in [6.07, 6.45) is 4.66. The molecule has 5 heteroatoms. The number of anilines is 1.